The number of sulfone groups is 1. The maximum atomic E-state index is 13.2. The summed E-state index contributed by atoms with van der Waals surface area (Å²) in [5.74, 6) is -3.49. The molecule has 0 amide bonds. The minimum absolute atomic E-state index is 0.397. The second-order valence-electron chi connectivity index (χ2n) is 3.85. The van der Waals surface area contributed by atoms with E-state index in [1.807, 2.05) is 0 Å². The van der Waals surface area contributed by atoms with Crippen LogP contribution in [0.5, 0.6) is 5.75 Å². The van der Waals surface area contributed by atoms with Gasteiger partial charge in [-0.2, -0.15) is 4.39 Å². The van der Waals surface area contributed by atoms with Crippen LogP contribution in [0.3, 0.4) is 0 Å². The van der Waals surface area contributed by atoms with Crippen molar-refractivity contribution >= 4 is 9.84 Å². The van der Waals surface area contributed by atoms with Crippen molar-refractivity contribution in [1.29, 1.82) is 0 Å². The zero-order chi connectivity index (χ0) is 12.6. The first kappa shape index (κ1) is 12.3. The standard InChI is InChI=1S/C10H10F2O4S/c11-6-2-1-3-8(10(6)12)16-9-5-17(14,15)4-7(9)13/h1-3,7,9,13H,4-5H2. The van der Waals surface area contributed by atoms with Crippen molar-refractivity contribution in [2.24, 2.45) is 0 Å². The molecule has 2 atom stereocenters. The lowest BCUT2D eigenvalue weighted by molar-refractivity contribution is 0.0705. The zero-order valence-electron chi connectivity index (χ0n) is 8.64. The predicted molar refractivity (Wildman–Crippen MR) is 55.4 cm³/mol. The maximum Gasteiger partial charge on any atom is 0.200 e. The second kappa shape index (κ2) is 4.23. The number of hydrogen-bond acceptors (Lipinski definition) is 4. The molecule has 0 radical (unpaired) electrons. The van der Waals surface area contributed by atoms with Crippen LogP contribution in [-0.4, -0.2) is 37.2 Å². The number of aliphatic hydroxyl groups excluding tert-OH is 1. The molecular weight excluding hydrogens is 254 g/mol. The summed E-state index contributed by atoms with van der Waals surface area (Å²) in [4.78, 5) is 0. The average molecular weight is 264 g/mol. The molecule has 2 rings (SSSR count). The third-order valence-electron chi connectivity index (χ3n) is 2.47. The molecule has 1 aliphatic heterocycles. The molecule has 0 aliphatic carbocycles. The first-order valence-electron chi connectivity index (χ1n) is 4.88. The fourth-order valence-electron chi connectivity index (χ4n) is 1.65. The van der Waals surface area contributed by atoms with E-state index in [9.17, 15) is 22.3 Å². The number of aliphatic hydroxyl groups is 1. The van der Waals surface area contributed by atoms with Crippen LogP contribution in [0, 0.1) is 11.6 Å². The lowest BCUT2D eigenvalue weighted by atomic mass is 10.2. The Morgan fingerprint density at radius 2 is 2.00 bits per heavy atom. The Morgan fingerprint density at radius 3 is 2.59 bits per heavy atom. The highest BCUT2D eigenvalue weighted by atomic mass is 32.2. The minimum atomic E-state index is -3.38. The molecule has 1 aliphatic rings. The summed E-state index contributed by atoms with van der Waals surface area (Å²) in [6, 6.07) is 3.34. The molecular formula is C10H10F2O4S. The van der Waals surface area contributed by atoms with Crippen molar-refractivity contribution < 1.29 is 27.0 Å². The fraction of sp³-hybridized carbons (Fsp3) is 0.400. The molecule has 0 saturated carbocycles. The van der Waals surface area contributed by atoms with Gasteiger partial charge in [-0.3, -0.25) is 0 Å². The number of hydrogen-bond donors (Lipinski definition) is 1. The van der Waals surface area contributed by atoms with Crippen LogP contribution in [0.15, 0.2) is 18.2 Å². The van der Waals surface area contributed by atoms with Crippen molar-refractivity contribution in [2.45, 2.75) is 12.2 Å². The van der Waals surface area contributed by atoms with Gasteiger partial charge < -0.3 is 9.84 Å². The van der Waals surface area contributed by atoms with Gasteiger partial charge in [0.15, 0.2) is 21.4 Å². The number of halogens is 2. The van der Waals surface area contributed by atoms with Crippen LogP contribution in [0.4, 0.5) is 8.78 Å². The summed E-state index contributed by atoms with van der Waals surface area (Å²) in [7, 11) is -3.38. The average Bonchev–Trinajstić information content (AvgIpc) is 2.47. The van der Waals surface area contributed by atoms with E-state index in [1.165, 1.54) is 12.1 Å². The quantitative estimate of drug-likeness (QED) is 0.845. The summed E-state index contributed by atoms with van der Waals surface area (Å²) >= 11 is 0. The summed E-state index contributed by atoms with van der Waals surface area (Å²) < 4.78 is 53.5. The molecule has 0 spiro atoms. The Kier molecular flexibility index (Phi) is 3.05. The molecule has 17 heavy (non-hydrogen) atoms. The van der Waals surface area contributed by atoms with Crippen molar-refractivity contribution in [3.05, 3.63) is 29.8 Å². The van der Waals surface area contributed by atoms with Gasteiger partial charge in [-0.1, -0.05) is 6.07 Å². The van der Waals surface area contributed by atoms with Crippen molar-refractivity contribution in [2.75, 3.05) is 11.5 Å². The summed E-state index contributed by atoms with van der Waals surface area (Å²) in [6.45, 7) is 0. The lowest BCUT2D eigenvalue weighted by Gasteiger charge is -2.16. The number of rotatable bonds is 2. The predicted octanol–water partition coefficient (Wildman–Crippen LogP) is 0.501. The molecule has 4 nitrogen and oxygen atoms in total. The van der Waals surface area contributed by atoms with E-state index >= 15 is 0 Å². The van der Waals surface area contributed by atoms with Gasteiger partial charge >= 0.3 is 0 Å². The zero-order valence-corrected chi connectivity index (χ0v) is 9.45. The molecule has 2 unspecified atom stereocenters. The van der Waals surface area contributed by atoms with E-state index in [0.717, 1.165) is 6.07 Å². The summed E-state index contributed by atoms with van der Waals surface area (Å²) in [5, 5.41) is 9.43. The third-order valence-corrected chi connectivity index (χ3v) is 4.15. The van der Waals surface area contributed by atoms with E-state index in [1.54, 1.807) is 0 Å². The molecule has 0 aromatic heterocycles. The molecule has 1 fully saturated rings. The highest BCUT2D eigenvalue weighted by Crippen LogP contribution is 2.24. The number of benzene rings is 1. The first-order valence-corrected chi connectivity index (χ1v) is 6.70. The van der Waals surface area contributed by atoms with Crippen molar-refractivity contribution in [3.8, 4) is 5.75 Å². The molecule has 1 saturated heterocycles. The SMILES string of the molecule is O=S1(=O)CC(O)C(Oc2cccc(F)c2F)C1. The largest absolute Gasteiger partial charge is 0.483 e. The van der Waals surface area contributed by atoms with Crippen LogP contribution >= 0.6 is 0 Å². The van der Waals surface area contributed by atoms with Crippen LogP contribution in [0.1, 0.15) is 0 Å². The third kappa shape index (κ3) is 2.55. The van der Waals surface area contributed by atoms with E-state index in [-0.39, 0.29) is 0 Å². The smallest absolute Gasteiger partial charge is 0.200 e. The van der Waals surface area contributed by atoms with Crippen LogP contribution < -0.4 is 4.74 Å². The topological polar surface area (TPSA) is 63.6 Å². The first-order chi connectivity index (χ1) is 7.89. The highest BCUT2D eigenvalue weighted by Gasteiger charge is 2.38. The maximum absolute atomic E-state index is 13.2. The Bertz CT molecular complexity index is 529. The minimum Gasteiger partial charge on any atom is -0.483 e. The van der Waals surface area contributed by atoms with E-state index in [0.29, 0.717) is 0 Å². The van der Waals surface area contributed by atoms with Crippen molar-refractivity contribution in [1.82, 2.24) is 0 Å². The van der Waals surface area contributed by atoms with Crippen LogP contribution in [0.2, 0.25) is 0 Å². The van der Waals surface area contributed by atoms with Gasteiger partial charge in [-0.05, 0) is 12.1 Å². The molecule has 94 valence electrons. The monoisotopic (exact) mass is 264 g/mol. The Morgan fingerprint density at radius 1 is 1.29 bits per heavy atom. The van der Waals surface area contributed by atoms with Crippen LogP contribution in [-0.2, 0) is 9.84 Å². The molecule has 0 bridgehead atoms. The van der Waals surface area contributed by atoms with Gasteiger partial charge in [0.25, 0.3) is 0 Å². The van der Waals surface area contributed by atoms with Gasteiger partial charge in [0, 0.05) is 0 Å². The molecule has 1 aromatic rings. The molecule has 1 heterocycles. The summed E-state index contributed by atoms with van der Waals surface area (Å²) in [6.07, 6.45) is -2.28. The van der Waals surface area contributed by atoms with Gasteiger partial charge in [0.2, 0.25) is 5.82 Å². The lowest BCUT2D eigenvalue weighted by Crippen LogP contribution is -2.30. The van der Waals surface area contributed by atoms with Gasteiger partial charge in [0.1, 0.15) is 12.2 Å². The summed E-state index contributed by atoms with van der Waals surface area (Å²) in [5.41, 5.74) is 0. The second-order valence-corrected chi connectivity index (χ2v) is 6.01. The fourth-order valence-corrected chi connectivity index (χ4v) is 3.31. The highest BCUT2D eigenvalue weighted by molar-refractivity contribution is 7.91. The van der Waals surface area contributed by atoms with E-state index in [2.05, 4.69) is 0 Å². The van der Waals surface area contributed by atoms with Gasteiger partial charge in [0.05, 0.1) is 11.5 Å². The van der Waals surface area contributed by atoms with E-state index < -0.39 is 50.9 Å². The normalized spacial score (nSPS) is 27.0. The molecule has 7 heteroatoms. The molecule has 1 aromatic carbocycles. The Labute approximate surface area is 96.7 Å². The van der Waals surface area contributed by atoms with Gasteiger partial charge in [-0.25, -0.2) is 12.8 Å². The van der Waals surface area contributed by atoms with Crippen LogP contribution in [0.25, 0.3) is 0 Å². The van der Waals surface area contributed by atoms with Gasteiger partial charge in [-0.15, -0.1) is 0 Å². The molecule has 1 N–H and O–H groups in total. The Balaban J connectivity index is 2.20. The van der Waals surface area contributed by atoms with Crippen molar-refractivity contribution in [3.63, 3.8) is 0 Å². The van der Waals surface area contributed by atoms with E-state index in [4.69, 9.17) is 4.74 Å². The number of ether oxygens (including phenoxy) is 1. The Hall–Kier alpha value is -1.21.